The Hall–Kier alpha value is -2.80. The molecule has 2 N–H and O–H groups in total. The molecular weight excluding hydrogens is 288 g/mol. The summed E-state index contributed by atoms with van der Waals surface area (Å²) in [6.45, 7) is 3.55. The number of nitrogens with two attached hydrogens (primary N) is 1. The van der Waals surface area contributed by atoms with Gasteiger partial charge in [-0.25, -0.2) is 4.98 Å². The van der Waals surface area contributed by atoms with Crippen molar-refractivity contribution in [2.45, 2.75) is 0 Å². The lowest BCUT2D eigenvalue weighted by molar-refractivity contribution is -0.390. The maximum absolute atomic E-state index is 10.8. The fraction of sp³-hybridized carbons (Fsp3) is 0. The van der Waals surface area contributed by atoms with Crippen LogP contribution < -0.4 is 5.73 Å². The van der Waals surface area contributed by atoms with E-state index >= 15 is 0 Å². The van der Waals surface area contributed by atoms with E-state index in [1.54, 1.807) is 12.2 Å². The fourth-order valence-electron chi connectivity index (χ4n) is 1.74. The molecule has 0 fully saturated rings. The van der Waals surface area contributed by atoms with Gasteiger partial charge in [-0.1, -0.05) is 43.1 Å². The molecule has 0 saturated carbocycles. The van der Waals surface area contributed by atoms with Crippen molar-refractivity contribution in [3.8, 4) is 0 Å². The molecule has 0 aliphatic heterocycles. The van der Waals surface area contributed by atoms with Crippen LogP contribution in [0.4, 0.5) is 5.82 Å². The lowest BCUT2D eigenvalue weighted by Crippen LogP contribution is -2.08. The monoisotopic (exact) mass is 300 g/mol. The third kappa shape index (κ3) is 3.21. The van der Waals surface area contributed by atoms with Crippen LogP contribution in [0.15, 0.2) is 37.0 Å². The Morgan fingerprint density at radius 2 is 2.05 bits per heavy atom. The van der Waals surface area contributed by atoms with Crippen molar-refractivity contribution in [1.29, 1.82) is 0 Å². The average Bonchev–Trinajstić information content (AvgIpc) is 2.88. The molecule has 1 aromatic carbocycles. The Kier molecular flexibility index (Phi) is 4.24. The predicted octanol–water partition coefficient (Wildman–Crippen LogP) is 2.70. The van der Waals surface area contributed by atoms with Crippen LogP contribution in [-0.2, 0) is 0 Å². The maximum Gasteiger partial charge on any atom is 0.347 e. The van der Waals surface area contributed by atoms with Crippen molar-refractivity contribution < 1.29 is 4.92 Å². The van der Waals surface area contributed by atoms with E-state index in [1.165, 1.54) is 17.0 Å². The van der Waals surface area contributed by atoms with Gasteiger partial charge >= 0.3 is 5.82 Å². The minimum absolute atomic E-state index is 0.131. The van der Waals surface area contributed by atoms with Crippen molar-refractivity contribution in [2.24, 2.45) is 5.73 Å². The highest BCUT2D eigenvalue weighted by Gasteiger charge is 2.15. The van der Waals surface area contributed by atoms with Crippen LogP contribution in [0.5, 0.6) is 0 Å². The van der Waals surface area contributed by atoms with Gasteiger partial charge in [0, 0.05) is 11.6 Å². The summed E-state index contributed by atoms with van der Waals surface area (Å²) in [6, 6.07) is 7.32. The van der Waals surface area contributed by atoms with E-state index in [1.807, 2.05) is 24.3 Å². The minimum Gasteiger partial charge on any atom is -0.389 e. The molecule has 0 atom stereocenters. The van der Waals surface area contributed by atoms with Gasteiger partial charge in [-0.15, -0.1) is 0 Å². The number of thiocarbonyl (C=S) groups is 1. The topological polar surface area (TPSA) is 87.0 Å². The third-order valence-electron chi connectivity index (χ3n) is 2.80. The quantitative estimate of drug-likeness (QED) is 0.521. The number of nitrogens with zero attached hydrogens (tertiary/aromatic N) is 3. The third-order valence-corrected chi connectivity index (χ3v) is 3.03. The number of benzene rings is 1. The van der Waals surface area contributed by atoms with Gasteiger partial charge < -0.3 is 15.8 Å². The largest absolute Gasteiger partial charge is 0.389 e. The van der Waals surface area contributed by atoms with Gasteiger partial charge in [-0.05, 0) is 16.6 Å². The van der Waals surface area contributed by atoms with Gasteiger partial charge in [0.2, 0.25) is 5.82 Å². The van der Waals surface area contributed by atoms with Crippen LogP contribution in [0, 0.1) is 10.1 Å². The van der Waals surface area contributed by atoms with E-state index in [0.717, 1.165) is 11.1 Å². The van der Waals surface area contributed by atoms with Crippen molar-refractivity contribution in [1.82, 2.24) is 9.55 Å². The number of rotatable bonds is 5. The number of hydrogen-bond donors (Lipinski definition) is 1. The first kappa shape index (κ1) is 14.6. The smallest absolute Gasteiger partial charge is 0.347 e. The summed E-state index contributed by atoms with van der Waals surface area (Å²) in [5.74, 6) is 0.295. The summed E-state index contributed by atoms with van der Waals surface area (Å²) >= 11 is 4.88. The summed E-state index contributed by atoms with van der Waals surface area (Å²) < 4.78 is 1.31. The molecule has 1 heterocycles. The molecule has 0 aliphatic rings. The molecule has 6 nitrogen and oxygen atoms in total. The molecule has 0 saturated heterocycles. The average molecular weight is 300 g/mol. The molecular formula is C14H12N4O2S. The molecule has 0 spiro atoms. The molecule has 2 rings (SSSR count). The zero-order valence-corrected chi connectivity index (χ0v) is 11.8. The SMILES string of the molecule is C=Cn1c([N+](=O)[O-])cnc1/C=C/c1ccc(C(N)=S)cc1. The molecule has 0 bridgehead atoms. The normalized spacial score (nSPS) is 10.7. The van der Waals surface area contributed by atoms with Gasteiger partial charge in [0.05, 0.1) is 6.20 Å². The molecule has 106 valence electrons. The Balaban J connectivity index is 2.27. The number of imidazole rings is 1. The first-order valence-electron chi connectivity index (χ1n) is 5.95. The molecule has 1 aromatic heterocycles. The summed E-state index contributed by atoms with van der Waals surface area (Å²) in [6.07, 6.45) is 6.00. The Morgan fingerprint density at radius 1 is 1.38 bits per heavy atom. The maximum atomic E-state index is 10.8. The second-order valence-corrected chi connectivity index (χ2v) is 4.54. The van der Waals surface area contributed by atoms with Crippen molar-refractivity contribution in [3.63, 3.8) is 0 Å². The van der Waals surface area contributed by atoms with Gasteiger partial charge in [0.25, 0.3) is 0 Å². The molecule has 0 amide bonds. The van der Waals surface area contributed by atoms with E-state index in [4.69, 9.17) is 18.0 Å². The first-order valence-corrected chi connectivity index (χ1v) is 6.36. The summed E-state index contributed by atoms with van der Waals surface area (Å²) in [4.78, 5) is 14.6. The van der Waals surface area contributed by atoms with Crippen molar-refractivity contribution >= 4 is 41.4 Å². The van der Waals surface area contributed by atoms with Crippen LogP contribution in [0.25, 0.3) is 18.4 Å². The van der Waals surface area contributed by atoms with Gasteiger partial charge in [-0.2, -0.15) is 4.57 Å². The zero-order valence-electron chi connectivity index (χ0n) is 11.0. The summed E-state index contributed by atoms with van der Waals surface area (Å²) in [5.41, 5.74) is 7.21. The molecule has 0 aliphatic carbocycles. The van der Waals surface area contributed by atoms with Crippen molar-refractivity contribution in [3.05, 3.63) is 64.1 Å². The zero-order chi connectivity index (χ0) is 15.4. The highest BCUT2D eigenvalue weighted by molar-refractivity contribution is 7.80. The molecule has 7 heteroatoms. The van der Waals surface area contributed by atoms with Crippen LogP contribution in [-0.4, -0.2) is 19.5 Å². The molecule has 0 unspecified atom stereocenters. The lowest BCUT2D eigenvalue weighted by atomic mass is 10.1. The minimum atomic E-state index is -0.511. The van der Waals surface area contributed by atoms with Gasteiger partial charge in [0.15, 0.2) is 0 Å². The predicted molar refractivity (Wildman–Crippen MR) is 86.5 cm³/mol. The highest BCUT2D eigenvalue weighted by atomic mass is 32.1. The van der Waals surface area contributed by atoms with Crippen LogP contribution in [0.3, 0.4) is 0 Å². The Labute approximate surface area is 126 Å². The van der Waals surface area contributed by atoms with E-state index < -0.39 is 4.92 Å². The summed E-state index contributed by atoms with van der Waals surface area (Å²) in [5, 5.41) is 10.8. The van der Waals surface area contributed by atoms with Crippen LogP contribution in [0.1, 0.15) is 17.0 Å². The fourth-order valence-corrected chi connectivity index (χ4v) is 1.88. The van der Waals surface area contributed by atoms with E-state index in [0.29, 0.717) is 10.8 Å². The van der Waals surface area contributed by atoms with Crippen LogP contribution >= 0.6 is 12.2 Å². The van der Waals surface area contributed by atoms with E-state index in [-0.39, 0.29) is 5.82 Å². The standard InChI is InChI=1S/C14H12N4O2S/c1-2-17-12(16-9-13(17)18(19)20)8-5-10-3-6-11(7-4-10)14(15)21/h2-9H,1H2,(H2,15,21)/b8-5+. The second-order valence-electron chi connectivity index (χ2n) is 4.10. The highest BCUT2D eigenvalue weighted by Crippen LogP contribution is 2.16. The van der Waals surface area contributed by atoms with E-state index in [9.17, 15) is 10.1 Å². The number of hydrogen-bond acceptors (Lipinski definition) is 4. The molecule has 21 heavy (non-hydrogen) atoms. The van der Waals surface area contributed by atoms with Gasteiger partial charge in [-0.3, -0.25) is 0 Å². The number of nitro groups is 1. The molecule has 2 aromatic rings. The summed E-state index contributed by atoms with van der Waals surface area (Å²) in [7, 11) is 0. The molecule has 0 radical (unpaired) electrons. The Morgan fingerprint density at radius 3 is 2.57 bits per heavy atom. The van der Waals surface area contributed by atoms with Crippen molar-refractivity contribution in [2.75, 3.05) is 0 Å². The van der Waals surface area contributed by atoms with Crippen LogP contribution in [0.2, 0.25) is 0 Å². The lowest BCUT2D eigenvalue weighted by Gasteiger charge is -1.98. The Bertz CT molecular complexity index is 732. The number of aromatic nitrogens is 2. The first-order chi connectivity index (χ1) is 10.0. The van der Waals surface area contributed by atoms with E-state index in [2.05, 4.69) is 11.6 Å². The second kappa shape index (κ2) is 6.10. The van der Waals surface area contributed by atoms with Gasteiger partial charge in [0.1, 0.15) is 11.2 Å².